The molecular formula is C21H13N5O7S. The zero-order valence-electron chi connectivity index (χ0n) is 17.1. The lowest BCUT2D eigenvalue weighted by molar-refractivity contribution is -0.394. The quantitative estimate of drug-likeness (QED) is 0.294. The Morgan fingerprint density at radius 2 is 1.76 bits per heavy atom. The summed E-state index contributed by atoms with van der Waals surface area (Å²) in [5, 5.41) is 22.9. The molecule has 4 aromatic rings. The molecule has 0 atom stereocenters. The molecule has 13 heteroatoms. The Kier molecular flexibility index (Phi) is 5.22. The average molecular weight is 479 g/mol. The van der Waals surface area contributed by atoms with Crippen molar-refractivity contribution in [2.75, 3.05) is 11.7 Å². The second kappa shape index (κ2) is 8.37. The predicted molar refractivity (Wildman–Crippen MR) is 120 cm³/mol. The second-order valence-corrected chi connectivity index (χ2v) is 8.18. The zero-order chi connectivity index (χ0) is 23.8. The number of pyridine rings is 1. The van der Waals surface area contributed by atoms with Crippen LogP contribution < -0.4 is 14.4 Å². The van der Waals surface area contributed by atoms with E-state index in [4.69, 9.17) is 9.47 Å². The van der Waals surface area contributed by atoms with Crippen LogP contribution in [0.15, 0.2) is 54.9 Å². The van der Waals surface area contributed by atoms with Crippen molar-refractivity contribution in [3.8, 4) is 11.5 Å². The van der Waals surface area contributed by atoms with E-state index in [9.17, 15) is 25.0 Å². The number of amides is 1. The highest BCUT2D eigenvalue weighted by Gasteiger charge is 2.27. The number of nitro groups is 2. The van der Waals surface area contributed by atoms with Gasteiger partial charge in [-0.25, -0.2) is 4.98 Å². The first-order chi connectivity index (χ1) is 16.4. The van der Waals surface area contributed by atoms with Gasteiger partial charge >= 0.3 is 0 Å². The summed E-state index contributed by atoms with van der Waals surface area (Å²) < 4.78 is 11.5. The van der Waals surface area contributed by atoms with E-state index in [2.05, 4.69) is 9.97 Å². The zero-order valence-corrected chi connectivity index (χ0v) is 17.9. The van der Waals surface area contributed by atoms with Crippen LogP contribution in [-0.4, -0.2) is 32.5 Å². The van der Waals surface area contributed by atoms with Gasteiger partial charge in [0.05, 0.1) is 38.2 Å². The molecule has 0 aliphatic carbocycles. The average Bonchev–Trinajstić information content (AvgIpc) is 3.46. The highest BCUT2D eigenvalue weighted by atomic mass is 32.1. The molecule has 5 rings (SSSR count). The number of nitrogens with zero attached hydrogens (tertiary/aromatic N) is 5. The molecule has 3 heterocycles. The third kappa shape index (κ3) is 3.95. The van der Waals surface area contributed by atoms with E-state index in [0.29, 0.717) is 27.7 Å². The van der Waals surface area contributed by atoms with Crippen molar-refractivity contribution < 1.29 is 24.1 Å². The van der Waals surface area contributed by atoms with Gasteiger partial charge in [-0.15, -0.1) is 0 Å². The Labute approximate surface area is 194 Å². The van der Waals surface area contributed by atoms with Crippen molar-refractivity contribution in [2.45, 2.75) is 6.54 Å². The first-order valence-electron chi connectivity index (χ1n) is 9.74. The van der Waals surface area contributed by atoms with Crippen molar-refractivity contribution in [2.24, 2.45) is 0 Å². The number of thiazole rings is 1. The van der Waals surface area contributed by atoms with E-state index >= 15 is 0 Å². The van der Waals surface area contributed by atoms with Crippen LogP contribution in [0.3, 0.4) is 0 Å². The van der Waals surface area contributed by atoms with Gasteiger partial charge in [-0.2, -0.15) is 0 Å². The van der Waals surface area contributed by atoms with Gasteiger partial charge in [0.15, 0.2) is 16.6 Å². The Morgan fingerprint density at radius 1 is 1.06 bits per heavy atom. The number of fused-ring (bicyclic) bond motifs is 2. The van der Waals surface area contributed by atoms with E-state index < -0.39 is 27.1 Å². The third-order valence-corrected chi connectivity index (χ3v) is 6.02. The number of hydrogen-bond donors (Lipinski definition) is 0. The molecule has 1 amide bonds. The molecule has 0 fully saturated rings. The maximum Gasteiger partial charge on any atom is 0.277 e. The van der Waals surface area contributed by atoms with Gasteiger partial charge in [0.2, 0.25) is 6.79 Å². The minimum atomic E-state index is -0.783. The molecule has 0 spiro atoms. The Bertz CT molecular complexity index is 1380. The highest BCUT2D eigenvalue weighted by Crippen LogP contribution is 2.40. The fourth-order valence-electron chi connectivity index (χ4n) is 3.41. The summed E-state index contributed by atoms with van der Waals surface area (Å²) in [6, 6.07) is 9.73. The normalized spacial score (nSPS) is 12.0. The summed E-state index contributed by atoms with van der Waals surface area (Å²) in [5.41, 5.74) is -0.0940. The number of benzene rings is 2. The van der Waals surface area contributed by atoms with Gasteiger partial charge in [0.25, 0.3) is 17.3 Å². The number of rotatable bonds is 6. The third-order valence-electron chi connectivity index (χ3n) is 4.98. The molecule has 2 aromatic carbocycles. The van der Waals surface area contributed by atoms with Crippen molar-refractivity contribution >= 4 is 44.0 Å². The highest BCUT2D eigenvalue weighted by molar-refractivity contribution is 7.22. The number of carbonyl (C=O) groups excluding carboxylic acids is 1. The number of carbonyl (C=O) groups is 1. The lowest BCUT2D eigenvalue weighted by atomic mass is 10.1. The fraction of sp³-hybridized carbons (Fsp3) is 0.0952. The van der Waals surface area contributed by atoms with Crippen molar-refractivity contribution in [1.82, 2.24) is 9.97 Å². The van der Waals surface area contributed by atoms with E-state index in [1.807, 2.05) is 0 Å². The van der Waals surface area contributed by atoms with Crippen LogP contribution in [0.5, 0.6) is 11.5 Å². The van der Waals surface area contributed by atoms with Crippen LogP contribution >= 0.6 is 11.3 Å². The van der Waals surface area contributed by atoms with Crippen molar-refractivity contribution in [3.05, 3.63) is 86.2 Å². The molecule has 0 saturated carbocycles. The number of non-ortho nitro benzene ring substituents is 2. The SMILES string of the molecule is O=C(c1cc([N+](=O)[O-])cc([N+](=O)[O-])c1)N(Cc1cccnc1)c1nc2cc3c(cc2s1)OCO3. The van der Waals surface area contributed by atoms with Gasteiger partial charge in [0.1, 0.15) is 0 Å². The fourth-order valence-corrected chi connectivity index (χ4v) is 4.38. The maximum atomic E-state index is 13.6. The molecule has 0 radical (unpaired) electrons. The Morgan fingerprint density at radius 3 is 2.41 bits per heavy atom. The minimum Gasteiger partial charge on any atom is -0.454 e. The molecule has 34 heavy (non-hydrogen) atoms. The molecule has 2 aromatic heterocycles. The number of aromatic nitrogens is 2. The number of nitro benzene ring substituents is 2. The Balaban J connectivity index is 1.61. The largest absolute Gasteiger partial charge is 0.454 e. The van der Waals surface area contributed by atoms with E-state index in [1.165, 1.54) is 16.2 Å². The molecule has 170 valence electrons. The van der Waals surface area contributed by atoms with Gasteiger partial charge in [-0.3, -0.25) is 34.9 Å². The monoisotopic (exact) mass is 479 g/mol. The smallest absolute Gasteiger partial charge is 0.277 e. The molecule has 1 aliphatic rings. The summed E-state index contributed by atoms with van der Waals surface area (Å²) in [4.78, 5) is 44.5. The molecule has 0 unspecified atom stereocenters. The molecule has 0 N–H and O–H groups in total. The number of anilines is 1. The summed E-state index contributed by atoms with van der Waals surface area (Å²) in [6.45, 7) is 0.145. The lowest BCUT2D eigenvalue weighted by Gasteiger charge is -2.20. The molecule has 12 nitrogen and oxygen atoms in total. The lowest BCUT2D eigenvalue weighted by Crippen LogP contribution is -2.30. The standard InChI is InChI=1S/C21H13N5O7S/c27-20(13-4-14(25(28)29)6-15(5-13)26(30)31)24(10-12-2-1-3-22-9-12)21-23-16-7-17-18(33-11-32-17)8-19(16)34-21/h1-9H,10-11H2. The van der Waals surface area contributed by atoms with E-state index in [-0.39, 0.29) is 18.9 Å². The first-order valence-corrected chi connectivity index (χ1v) is 10.6. The van der Waals surface area contributed by atoms with Crippen LogP contribution in [0.2, 0.25) is 0 Å². The van der Waals surface area contributed by atoms with Crippen LogP contribution in [0, 0.1) is 20.2 Å². The summed E-state index contributed by atoms with van der Waals surface area (Å²) >= 11 is 1.20. The maximum absolute atomic E-state index is 13.6. The van der Waals surface area contributed by atoms with Crippen molar-refractivity contribution in [3.63, 3.8) is 0 Å². The number of hydrogen-bond acceptors (Lipinski definition) is 10. The molecule has 0 saturated heterocycles. The minimum absolute atomic E-state index is 0.0374. The number of ether oxygens (including phenoxy) is 2. The Hall–Kier alpha value is -4.65. The predicted octanol–water partition coefficient (Wildman–Crippen LogP) is 4.08. The second-order valence-electron chi connectivity index (χ2n) is 7.17. The topological polar surface area (TPSA) is 151 Å². The van der Waals surface area contributed by atoms with Crippen LogP contribution in [-0.2, 0) is 6.54 Å². The first kappa shape index (κ1) is 21.2. The van der Waals surface area contributed by atoms with Gasteiger partial charge in [-0.1, -0.05) is 17.4 Å². The van der Waals surface area contributed by atoms with Gasteiger partial charge < -0.3 is 9.47 Å². The molecule has 0 bridgehead atoms. The van der Waals surface area contributed by atoms with E-state index in [1.54, 1.807) is 36.7 Å². The van der Waals surface area contributed by atoms with E-state index in [0.717, 1.165) is 22.9 Å². The van der Waals surface area contributed by atoms with Crippen LogP contribution in [0.1, 0.15) is 15.9 Å². The van der Waals surface area contributed by atoms with Crippen LogP contribution in [0.4, 0.5) is 16.5 Å². The van der Waals surface area contributed by atoms with Crippen molar-refractivity contribution in [1.29, 1.82) is 0 Å². The van der Waals surface area contributed by atoms with Gasteiger partial charge in [-0.05, 0) is 11.6 Å². The van der Waals surface area contributed by atoms with Gasteiger partial charge in [0, 0.05) is 36.7 Å². The summed E-state index contributed by atoms with van der Waals surface area (Å²) in [5.74, 6) is 0.403. The summed E-state index contributed by atoms with van der Waals surface area (Å²) in [6.07, 6.45) is 3.15. The molecular weight excluding hydrogens is 466 g/mol. The molecule has 1 aliphatic heterocycles. The summed E-state index contributed by atoms with van der Waals surface area (Å²) in [7, 11) is 0. The van der Waals surface area contributed by atoms with Crippen LogP contribution in [0.25, 0.3) is 10.2 Å².